The summed E-state index contributed by atoms with van der Waals surface area (Å²) in [6, 6.07) is 9.99. The first-order chi connectivity index (χ1) is 16.0. The standard InChI is InChI=1S/C25H25N5O3/c1-14-3-4-20-17(11-14)5-8-29(20)25(32)18-13-21-19(12-15(18)2)26-24(31)23-28-27-22(30(21)23)16-6-9-33-10-7-16/h3-4,11-13,16H,5-10H2,1-2H3,(H,26,31). The van der Waals surface area contributed by atoms with Crippen molar-refractivity contribution in [2.75, 3.05) is 24.7 Å². The molecular weight excluding hydrogens is 418 g/mol. The smallest absolute Gasteiger partial charge is 0.294 e. The summed E-state index contributed by atoms with van der Waals surface area (Å²) >= 11 is 0. The van der Waals surface area contributed by atoms with Crippen LogP contribution in [-0.4, -0.2) is 45.2 Å². The third-order valence-corrected chi connectivity index (χ3v) is 6.92. The molecule has 1 amide bonds. The summed E-state index contributed by atoms with van der Waals surface area (Å²) in [5.41, 5.74) is 6.21. The number of nitrogens with zero attached hydrogens (tertiary/aromatic N) is 4. The predicted molar refractivity (Wildman–Crippen MR) is 125 cm³/mol. The molecule has 168 valence electrons. The second-order valence-corrected chi connectivity index (χ2v) is 9.08. The highest BCUT2D eigenvalue weighted by molar-refractivity contribution is 6.09. The molecule has 0 radical (unpaired) electrons. The van der Waals surface area contributed by atoms with E-state index in [1.54, 1.807) is 0 Å². The third-order valence-electron chi connectivity index (χ3n) is 6.92. The van der Waals surface area contributed by atoms with Crippen LogP contribution >= 0.6 is 0 Å². The number of benzene rings is 2. The summed E-state index contributed by atoms with van der Waals surface area (Å²) < 4.78 is 7.34. The van der Waals surface area contributed by atoms with Gasteiger partial charge in [-0.15, -0.1) is 10.2 Å². The van der Waals surface area contributed by atoms with Crippen LogP contribution in [0.1, 0.15) is 51.6 Å². The zero-order chi connectivity index (χ0) is 22.7. The number of carbonyl (C=O) groups is 1. The predicted octanol–water partition coefficient (Wildman–Crippen LogP) is 3.28. The Hall–Kier alpha value is -3.52. The Morgan fingerprint density at radius 1 is 1.12 bits per heavy atom. The summed E-state index contributed by atoms with van der Waals surface area (Å²) in [5, 5.41) is 8.57. The van der Waals surface area contributed by atoms with E-state index < -0.39 is 0 Å². The molecule has 8 heteroatoms. The van der Waals surface area contributed by atoms with Crippen molar-refractivity contribution >= 4 is 28.3 Å². The zero-order valence-electron chi connectivity index (χ0n) is 18.7. The highest BCUT2D eigenvalue weighted by Crippen LogP contribution is 2.32. The molecule has 0 bridgehead atoms. The van der Waals surface area contributed by atoms with Crippen molar-refractivity contribution in [1.82, 2.24) is 19.6 Å². The van der Waals surface area contributed by atoms with Gasteiger partial charge in [0.2, 0.25) is 5.65 Å². The maximum Gasteiger partial charge on any atom is 0.294 e. The lowest BCUT2D eigenvalue weighted by molar-refractivity contribution is 0.0834. The molecule has 4 heterocycles. The lowest BCUT2D eigenvalue weighted by Gasteiger charge is -2.21. The van der Waals surface area contributed by atoms with Gasteiger partial charge in [-0.3, -0.25) is 14.0 Å². The Balaban J connectivity index is 1.51. The molecule has 4 aromatic rings. The number of aromatic nitrogens is 4. The van der Waals surface area contributed by atoms with Crippen LogP contribution in [0.2, 0.25) is 0 Å². The number of nitrogens with one attached hydrogen (secondary N) is 1. The molecule has 0 unspecified atom stereocenters. The van der Waals surface area contributed by atoms with Gasteiger partial charge in [-0.1, -0.05) is 17.7 Å². The van der Waals surface area contributed by atoms with E-state index in [1.807, 2.05) is 40.5 Å². The minimum absolute atomic E-state index is 0.0305. The molecule has 1 fully saturated rings. The van der Waals surface area contributed by atoms with E-state index in [0.29, 0.717) is 30.8 Å². The van der Waals surface area contributed by atoms with Crippen LogP contribution in [0.3, 0.4) is 0 Å². The molecule has 2 aromatic heterocycles. The summed E-state index contributed by atoms with van der Waals surface area (Å²) in [5.74, 6) is 0.888. The van der Waals surface area contributed by atoms with Gasteiger partial charge in [-0.05, 0) is 62.4 Å². The number of fused-ring (bicyclic) bond motifs is 4. The number of rotatable bonds is 2. The van der Waals surface area contributed by atoms with Crippen molar-refractivity contribution in [3.8, 4) is 0 Å². The number of hydrogen-bond donors (Lipinski definition) is 1. The van der Waals surface area contributed by atoms with Gasteiger partial charge in [-0.25, -0.2) is 0 Å². The number of ether oxygens (including phenoxy) is 1. The quantitative estimate of drug-likeness (QED) is 0.513. The average molecular weight is 444 g/mol. The van der Waals surface area contributed by atoms with E-state index in [0.717, 1.165) is 41.9 Å². The number of hydrogen-bond acceptors (Lipinski definition) is 5. The number of anilines is 1. The van der Waals surface area contributed by atoms with Gasteiger partial charge in [0.1, 0.15) is 5.82 Å². The second-order valence-electron chi connectivity index (χ2n) is 9.08. The third kappa shape index (κ3) is 3.16. The van der Waals surface area contributed by atoms with E-state index in [-0.39, 0.29) is 23.0 Å². The van der Waals surface area contributed by atoms with Gasteiger partial charge >= 0.3 is 0 Å². The fourth-order valence-electron chi connectivity index (χ4n) is 5.18. The Kier molecular flexibility index (Phi) is 4.58. The summed E-state index contributed by atoms with van der Waals surface area (Å²) in [4.78, 5) is 31.2. The van der Waals surface area contributed by atoms with E-state index in [2.05, 4.69) is 28.2 Å². The molecule has 0 saturated carbocycles. The van der Waals surface area contributed by atoms with Crippen molar-refractivity contribution in [3.63, 3.8) is 0 Å². The Labute approximate surface area is 190 Å². The first kappa shape index (κ1) is 20.1. The second kappa shape index (κ2) is 7.52. The number of aryl methyl sites for hydroxylation is 2. The monoisotopic (exact) mass is 443 g/mol. The zero-order valence-corrected chi connectivity index (χ0v) is 18.7. The topological polar surface area (TPSA) is 92.6 Å². The highest BCUT2D eigenvalue weighted by Gasteiger charge is 2.28. The fraction of sp³-hybridized carbons (Fsp3) is 0.360. The SMILES string of the molecule is Cc1ccc2c(c1)CCN2C(=O)c1cc2c(cc1C)[nH]c(=O)c1nnc(C3CCOCC3)n12. The number of amides is 1. The van der Waals surface area contributed by atoms with Crippen LogP contribution in [0.4, 0.5) is 5.69 Å². The van der Waals surface area contributed by atoms with Gasteiger partial charge < -0.3 is 14.6 Å². The lowest BCUT2D eigenvalue weighted by Crippen LogP contribution is -2.29. The average Bonchev–Trinajstić information content (AvgIpc) is 3.44. The van der Waals surface area contributed by atoms with Crippen molar-refractivity contribution < 1.29 is 9.53 Å². The van der Waals surface area contributed by atoms with Crippen LogP contribution < -0.4 is 10.5 Å². The molecule has 2 aliphatic heterocycles. The molecule has 1 saturated heterocycles. The van der Waals surface area contributed by atoms with Crippen LogP contribution in [0.15, 0.2) is 35.1 Å². The fourth-order valence-corrected chi connectivity index (χ4v) is 5.18. The molecule has 2 aliphatic rings. The molecular formula is C25H25N5O3. The normalized spacial score (nSPS) is 16.6. The largest absolute Gasteiger partial charge is 0.381 e. The summed E-state index contributed by atoms with van der Waals surface area (Å²) in [7, 11) is 0. The van der Waals surface area contributed by atoms with Crippen molar-refractivity contribution in [2.45, 2.75) is 39.0 Å². The molecule has 0 aliphatic carbocycles. The first-order valence-corrected chi connectivity index (χ1v) is 11.4. The number of H-pyrrole nitrogens is 1. The summed E-state index contributed by atoms with van der Waals surface area (Å²) in [6.45, 7) is 5.97. The van der Waals surface area contributed by atoms with E-state index in [1.165, 1.54) is 11.1 Å². The molecule has 1 N–H and O–H groups in total. The first-order valence-electron chi connectivity index (χ1n) is 11.4. The van der Waals surface area contributed by atoms with Crippen molar-refractivity contribution in [3.05, 3.63) is 68.8 Å². The van der Waals surface area contributed by atoms with Gasteiger partial charge in [0.25, 0.3) is 11.5 Å². The van der Waals surface area contributed by atoms with Crippen molar-refractivity contribution in [1.29, 1.82) is 0 Å². The molecule has 8 nitrogen and oxygen atoms in total. The van der Waals surface area contributed by atoms with E-state index in [9.17, 15) is 9.59 Å². The van der Waals surface area contributed by atoms with Gasteiger partial charge in [0.05, 0.1) is 11.0 Å². The minimum atomic E-state index is -0.282. The highest BCUT2D eigenvalue weighted by atomic mass is 16.5. The van der Waals surface area contributed by atoms with Crippen LogP contribution in [0, 0.1) is 13.8 Å². The maximum atomic E-state index is 13.7. The molecule has 6 rings (SSSR count). The van der Waals surface area contributed by atoms with Crippen LogP contribution in [-0.2, 0) is 11.2 Å². The molecule has 0 atom stereocenters. The van der Waals surface area contributed by atoms with E-state index >= 15 is 0 Å². The molecule has 0 spiro atoms. The Morgan fingerprint density at radius 3 is 2.76 bits per heavy atom. The number of aromatic amines is 1. The molecule has 33 heavy (non-hydrogen) atoms. The Bertz CT molecular complexity index is 1480. The molecule has 2 aromatic carbocycles. The lowest BCUT2D eigenvalue weighted by atomic mass is 9.99. The maximum absolute atomic E-state index is 13.7. The Morgan fingerprint density at radius 2 is 1.94 bits per heavy atom. The minimum Gasteiger partial charge on any atom is -0.381 e. The van der Waals surface area contributed by atoms with E-state index in [4.69, 9.17) is 4.74 Å². The van der Waals surface area contributed by atoms with Crippen LogP contribution in [0.25, 0.3) is 16.7 Å². The van der Waals surface area contributed by atoms with Crippen molar-refractivity contribution in [2.24, 2.45) is 0 Å². The van der Waals surface area contributed by atoms with Crippen LogP contribution in [0.5, 0.6) is 0 Å². The van der Waals surface area contributed by atoms with Gasteiger partial charge in [0, 0.05) is 36.9 Å². The van der Waals surface area contributed by atoms with Gasteiger partial charge in [0.15, 0.2) is 0 Å². The van der Waals surface area contributed by atoms with Gasteiger partial charge in [-0.2, -0.15) is 0 Å². The number of carbonyl (C=O) groups excluding carboxylic acids is 1. The summed E-state index contributed by atoms with van der Waals surface area (Å²) in [6.07, 6.45) is 2.51.